The topological polar surface area (TPSA) is 113 Å². The number of rotatable bonds is 7. The Balaban J connectivity index is 5.17. The maximum absolute atomic E-state index is 12.8. The van der Waals surface area contributed by atoms with Crippen molar-refractivity contribution in [3.8, 4) is 0 Å². The van der Waals surface area contributed by atoms with Crippen molar-refractivity contribution in [1.82, 2.24) is 10.2 Å². The minimum atomic E-state index is -5.20. The standard InChI is InChI=1S/C11H18F3N3O4/c1-3-4-5-17(6-7(15)18)9(21)16-10(2,8(19)20)11(12,13)14/h3-6H2,1-2H3,(H2,15,18)(H,16,21)(H,19,20). The van der Waals surface area contributed by atoms with Crippen LogP contribution in [0.15, 0.2) is 0 Å². The Labute approximate surface area is 119 Å². The third-order valence-electron chi connectivity index (χ3n) is 2.77. The molecule has 0 spiro atoms. The number of halogens is 3. The summed E-state index contributed by atoms with van der Waals surface area (Å²) in [7, 11) is 0. The van der Waals surface area contributed by atoms with Crippen LogP contribution in [0.3, 0.4) is 0 Å². The fraction of sp³-hybridized carbons (Fsp3) is 0.727. The number of hydrogen-bond acceptors (Lipinski definition) is 3. The van der Waals surface area contributed by atoms with E-state index < -0.39 is 36.2 Å². The molecule has 122 valence electrons. The van der Waals surface area contributed by atoms with Crippen molar-refractivity contribution in [2.75, 3.05) is 13.1 Å². The normalized spacial score (nSPS) is 14.1. The SMILES string of the molecule is CCCCN(CC(N)=O)C(=O)NC(C)(C(=O)O)C(F)(F)F. The zero-order valence-corrected chi connectivity index (χ0v) is 11.7. The number of carbonyl (C=O) groups excluding carboxylic acids is 2. The maximum atomic E-state index is 12.8. The highest BCUT2D eigenvalue weighted by Gasteiger charge is 2.58. The quantitative estimate of drug-likeness (QED) is 0.641. The number of primary amides is 1. The first-order valence-electron chi connectivity index (χ1n) is 6.11. The summed E-state index contributed by atoms with van der Waals surface area (Å²) in [6.07, 6.45) is -4.15. The zero-order valence-electron chi connectivity index (χ0n) is 11.7. The number of alkyl halides is 3. The van der Waals surface area contributed by atoms with Crippen LogP contribution in [-0.4, -0.2) is 52.7 Å². The van der Waals surface area contributed by atoms with Crippen molar-refractivity contribution < 1.29 is 32.7 Å². The van der Waals surface area contributed by atoms with E-state index in [-0.39, 0.29) is 6.54 Å². The number of aliphatic carboxylic acids is 1. The fourth-order valence-electron chi connectivity index (χ4n) is 1.33. The number of carboxylic acid groups (broad SMARTS) is 1. The predicted octanol–water partition coefficient (Wildman–Crippen LogP) is 0.689. The lowest BCUT2D eigenvalue weighted by Gasteiger charge is -2.31. The van der Waals surface area contributed by atoms with E-state index in [0.29, 0.717) is 19.8 Å². The molecule has 10 heteroatoms. The minimum Gasteiger partial charge on any atom is -0.479 e. The summed E-state index contributed by atoms with van der Waals surface area (Å²) in [5.41, 5.74) is 1.46. The van der Waals surface area contributed by atoms with Gasteiger partial charge in [-0.3, -0.25) is 4.79 Å². The summed E-state index contributed by atoms with van der Waals surface area (Å²) in [4.78, 5) is 34.2. The molecule has 0 aromatic carbocycles. The third kappa shape index (κ3) is 5.12. The van der Waals surface area contributed by atoms with Crippen molar-refractivity contribution in [2.24, 2.45) is 5.73 Å². The molecule has 21 heavy (non-hydrogen) atoms. The number of carbonyl (C=O) groups is 3. The Morgan fingerprint density at radius 2 is 1.81 bits per heavy atom. The minimum absolute atomic E-state index is 0.0151. The summed E-state index contributed by atoms with van der Waals surface area (Å²) in [5.74, 6) is -3.16. The first-order chi connectivity index (χ1) is 9.45. The summed E-state index contributed by atoms with van der Waals surface area (Å²) in [6.45, 7) is 1.49. The van der Waals surface area contributed by atoms with Gasteiger partial charge >= 0.3 is 18.2 Å². The molecule has 0 saturated carbocycles. The molecule has 0 rings (SSSR count). The number of nitrogens with zero attached hydrogens (tertiary/aromatic N) is 1. The number of carboxylic acids is 1. The second-order valence-electron chi connectivity index (χ2n) is 4.60. The Kier molecular flexibility index (Phi) is 6.46. The molecule has 0 aliphatic rings. The number of amides is 3. The van der Waals surface area contributed by atoms with E-state index in [4.69, 9.17) is 10.8 Å². The smallest absolute Gasteiger partial charge is 0.422 e. The van der Waals surface area contributed by atoms with Crippen LogP contribution in [0, 0.1) is 0 Å². The Bertz CT molecular complexity index is 414. The highest BCUT2D eigenvalue weighted by atomic mass is 19.4. The molecule has 0 aliphatic heterocycles. The monoisotopic (exact) mass is 313 g/mol. The number of hydrogen-bond donors (Lipinski definition) is 3. The molecule has 7 nitrogen and oxygen atoms in total. The molecule has 0 aromatic heterocycles. The zero-order chi connectivity index (χ0) is 16.8. The van der Waals surface area contributed by atoms with E-state index in [9.17, 15) is 27.6 Å². The first-order valence-corrected chi connectivity index (χ1v) is 6.11. The molecule has 0 fully saturated rings. The van der Waals surface area contributed by atoms with E-state index in [1.165, 1.54) is 5.32 Å². The molecule has 0 aliphatic carbocycles. The highest BCUT2D eigenvalue weighted by molar-refractivity contribution is 5.88. The fourth-order valence-corrected chi connectivity index (χ4v) is 1.33. The molecule has 0 heterocycles. The van der Waals surface area contributed by atoms with Gasteiger partial charge in [0.15, 0.2) is 0 Å². The molecule has 1 unspecified atom stereocenters. The molecule has 0 aromatic rings. The van der Waals surface area contributed by atoms with Crippen LogP contribution < -0.4 is 11.1 Å². The second-order valence-corrected chi connectivity index (χ2v) is 4.60. The summed E-state index contributed by atoms with van der Waals surface area (Å²) in [5, 5.41) is 10.1. The number of urea groups is 1. The van der Waals surface area contributed by atoms with Gasteiger partial charge in [-0.25, -0.2) is 9.59 Å². The van der Waals surface area contributed by atoms with Gasteiger partial charge in [-0.15, -0.1) is 0 Å². The summed E-state index contributed by atoms with van der Waals surface area (Å²) < 4.78 is 38.4. The second kappa shape index (κ2) is 7.14. The lowest BCUT2D eigenvalue weighted by molar-refractivity contribution is -0.203. The lowest BCUT2D eigenvalue weighted by atomic mass is 10.0. The van der Waals surface area contributed by atoms with E-state index in [1.54, 1.807) is 6.92 Å². The van der Waals surface area contributed by atoms with Gasteiger partial charge in [-0.2, -0.15) is 13.2 Å². The van der Waals surface area contributed by atoms with E-state index in [0.717, 1.165) is 4.90 Å². The Morgan fingerprint density at radius 1 is 1.29 bits per heavy atom. The van der Waals surface area contributed by atoms with Crippen LogP contribution in [0.1, 0.15) is 26.7 Å². The van der Waals surface area contributed by atoms with Crippen LogP contribution in [0.5, 0.6) is 0 Å². The molecule has 1 atom stereocenters. The number of nitrogens with two attached hydrogens (primary N) is 1. The van der Waals surface area contributed by atoms with Gasteiger partial charge in [0.25, 0.3) is 0 Å². The lowest BCUT2D eigenvalue weighted by Crippen LogP contribution is -2.64. The van der Waals surface area contributed by atoms with Crippen molar-refractivity contribution in [1.29, 1.82) is 0 Å². The van der Waals surface area contributed by atoms with E-state index in [1.807, 2.05) is 0 Å². The Morgan fingerprint density at radius 3 is 2.14 bits per heavy atom. The van der Waals surface area contributed by atoms with Gasteiger partial charge in [0, 0.05) is 6.54 Å². The molecule has 0 radical (unpaired) electrons. The van der Waals surface area contributed by atoms with E-state index in [2.05, 4.69) is 0 Å². The van der Waals surface area contributed by atoms with E-state index >= 15 is 0 Å². The van der Waals surface area contributed by atoms with Gasteiger partial charge < -0.3 is 21.1 Å². The van der Waals surface area contributed by atoms with Gasteiger partial charge in [0.2, 0.25) is 11.4 Å². The van der Waals surface area contributed by atoms with Crippen LogP contribution in [0.4, 0.5) is 18.0 Å². The van der Waals surface area contributed by atoms with Crippen molar-refractivity contribution in [2.45, 2.75) is 38.4 Å². The van der Waals surface area contributed by atoms with Crippen LogP contribution in [0.25, 0.3) is 0 Å². The largest absolute Gasteiger partial charge is 0.479 e. The van der Waals surface area contributed by atoms with Crippen molar-refractivity contribution >= 4 is 17.9 Å². The predicted molar refractivity (Wildman–Crippen MR) is 66.3 cm³/mol. The van der Waals surface area contributed by atoms with Crippen molar-refractivity contribution in [3.63, 3.8) is 0 Å². The molecular weight excluding hydrogens is 295 g/mol. The average molecular weight is 313 g/mol. The average Bonchev–Trinajstić information content (AvgIpc) is 2.31. The van der Waals surface area contributed by atoms with Crippen LogP contribution in [0.2, 0.25) is 0 Å². The van der Waals surface area contributed by atoms with Gasteiger partial charge in [-0.05, 0) is 13.3 Å². The molecule has 3 amide bonds. The molecule has 0 bridgehead atoms. The first kappa shape index (κ1) is 19.0. The van der Waals surface area contributed by atoms with Gasteiger partial charge in [0.1, 0.15) is 6.54 Å². The van der Waals surface area contributed by atoms with Gasteiger partial charge in [-0.1, -0.05) is 13.3 Å². The maximum Gasteiger partial charge on any atom is 0.422 e. The number of nitrogens with one attached hydrogen (secondary N) is 1. The molecule has 4 N–H and O–H groups in total. The third-order valence-corrected chi connectivity index (χ3v) is 2.77. The highest BCUT2D eigenvalue weighted by Crippen LogP contribution is 2.30. The van der Waals surface area contributed by atoms with Gasteiger partial charge in [0.05, 0.1) is 0 Å². The van der Waals surface area contributed by atoms with Crippen molar-refractivity contribution in [3.05, 3.63) is 0 Å². The van der Waals surface area contributed by atoms with Crippen LogP contribution in [-0.2, 0) is 9.59 Å². The summed E-state index contributed by atoms with van der Waals surface area (Å²) in [6, 6.07) is -1.32. The number of unbranched alkanes of at least 4 members (excludes halogenated alkanes) is 1. The molecule has 0 saturated heterocycles. The Hall–Kier alpha value is -2.00. The summed E-state index contributed by atoms with van der Waals surface area (Å²) >= 11 is 0. The molecular formula is C11H18F3N3O4. The van der Waals surface area contributed by atoms with Crippen LogP contribution >= 0.6 is 0 Å².